The van der Waals surface area contributed by atoms with Crippen LogP contribution in [0.15, 0.2) is 70.6 Å². The number of aliphatic imine (C=N–C) groups is 1. The zero-order valence-electron chi connectivity index (χ0n) is 12.5. The summed E-state index contributed by atoms with van der Waals surface area (Å²) >= 11 is 1.80. The van der Waals surface area contributed by atoms with E-state index < -0.39 is 0 Å². The highest BCUT2D eigenvalue weighted by Crippen LogP contribution is 2.40. The molecule has 0 saturated heterocycles. The molecule has 22 heavy (non-hydrogen) atoms. The normalized spacial score (nSPS) is 23.3. The van der Waals surface area contributed by atoms with Crippen molar-refractivity contribution in [2.45, 2.75) is 25.3 Å². The Morgan fingerprint density at radius 3 is 2.86 bits per heavy atom. The smallest absolute Gasteiger partial charge is 0.0864 e. The highest BCUT2D eigenvalue weighted by molar-refractivity contribution is 7.10. The molecule has 2 aliphatic rings. The maximum atomic E-state index is 4.98. The Morgan fingerprint density at radius 2 is 2.09 bits per heavy atom. The van der Waals surface area contributed by atoms with E-state index in [2.05, 4.69) is 72.2 Å². The molecule has 2 heterocycles. The van der Waals surface area contributed by atoms with Gasteiger partial charge in [0.05, 0.1) is 16.9 Å². The van der Waals surface area contributed by atoms with Crippen LogP contribution in [0.4, 0.5) is 11.4 Å². The molecule has 1 aliphatic carbocycles. The van der Waals surface area contributed by atoms with Crippen LogP contribution in [0.5, 0.6) is 0 Å². The summed E-state index contributed by atoms with van der Waals surface area (Å²) in [5, 5.41) is 5.89. The lowest BCUT2D eigenvalue weighted by Crippen LogP contribution is -2.33. The van der Waals surface area contributed by atoms with Crippen LogP contribution in [-0.2, 0) is 5.54 Å². The number of thiophene rings is 1. The SMILES string of the molecule is C[C@]1(c2cccs2)CC(C2=CC=CC2)=Nc2ccccc2N1. The van der Waals surface area contributed by atoms with Crippen LogP contribution in [0.25, 0.3) is 0 Å². The average Bonchev–Trinajstić information content (AvgIpc) is 3.20. The van der Waals surface area contributed by atoms with Crippen LogP contribution in [-0.4, -0.2) is 5.71 Å². The lowest BCUT2D eigenvalue weighted by molar-refractivity contribution is 0.583. The molecule has 4 rings (SSSR count). The van der Waals surface area contributed by atoms with Crippen LogP contribution in [0.1, 0.15) is 24.6 Å². The van der Waals surface area contributed by atoms with Crippen LogP contribution in [0.2, 0.25) is 0 Å². The molecule has 2 nitrogen and oxygen atoms in total. The molecule has 2 aromatic rings. The first-order chi connectivity index (χ1) is 10.7. The minimum atomic E-state index is -0.122. The Morgan fingerprint density at radius 1 is 1.18 bits per heavy atom. The molecule has 1 aromatic heterocycles. The Labute approximate surface area is 134 Å². The summed E-state index contributed by atoms with van der Waals surface area (Å²) in [5.74, 6) is 0. The van der Waals surface area contributed by atoms with E-state index in [9.17, 15) is 0 Å². The molecule has 0 radical (unpaired) electrons. The highest BCUT2D eigenvalue weighted by atomic mass is 32.1. The van der Waals surface area contributed by atoms with Crippen LogP contribution in [0.3, 0.4) is 0 Å². The van der Waals surface area contributed by atoms with Crippen LogP contribution >= 0.6 is 11.3 Å². The fourth-order valence-corrected chi connectivity index (χ4v) is 3.97. The van der Waals surface area contributed by atoms with Gasteiger partial charge in [0.25, 0.3) is 0 Å². The topological polar surface area (TPSA) is 24.4 Å². The van der Waals surface area contributed by atoms with Gasteiger partial charge in [-0.25, -0.2) is 0 Å². The van der Waals surface area contributed by atoms with Gasteiger partial charge in [-0.15, -0.1) is 11.3 Å². The first kappa shape index (κ1) is 13.5. The van der Waals surface area contributed by atoms with Crippen molar-refractivity contribution in [3.8, 4) is 0 Å². The monoisotopic (exact) mass is 306 g/mol. The number of allylic oxidation sites excluding steroid dienone is 4. The summed E-state index contributed by atoms with van der Waals surface area (Å²) in [7, 11) is 0. The number of para-hydroxylation sites is 2. The molecular weight excluding hydrogens is 288 g/mol. The molecule has 110 valence electrons. The predicted octanol–water partition coefficient (Wildman–Crippen LogP) is 5.44. The van der Waals surface area contributed by atoms with Crippen LogP contribution < -0.4 is 5.32 Å². The summed E-state index contributed by atoms with van der Waals surface area (Å²) in [5.41, 5.74) is 4.55. The first-order valence-electron chi connectivity index (χ1n) is 7.59. The Balaban J connectivity index is 1.84. The number of hydrogen-bond acceptors (Lipinski definition) is 3. The molecule has 1 N–H and O–H groups in total. The van der Waals surface area contributed by atoms with E-state index in [1.807, 2.05) is 0 Å². The number of benzene rings is 1. The number of hydrogen-bond donors (Lipinski definition) is 1. The van der Waals surface area contributed by atoms with Crippen molar-refractivity contribution in [1.82, 2.24) is 0 Å². The van der Waals surface area contributed by atoms with Crippen molar-refractivity contribution in [2.75, 3.05) is 5.32 Å². The fraction of sp³-hybridized carbons (Fsp3) is 0.211. The van der Waals surface area contributed by atoms with E-state index in [0.717, 1.165) is 24.2 Å². The van der Waals surface area contributed by atoms with Crippen molar-refractivity contribution >= 4 is 28.4 Å². The summed E-state index contributed by atoms with van der Waals surface area (Å²) in [6.45, 7) is 2.28. The van der Waals surface area contributed by atoms with E-state index in [0.29, 0.717) is 0 Å². The van der Waals surface area contributed by atoms with Gasteiger partial charge in [-0.1, -0.05) is 36.4 Å². The summed E-state index contributed by atoms with van der Waals surface area (Å²) < 4.78 is 0. The number of fused-ring (bicyclic) bond motifs is 1. The van der Waals surface area contributed by atoms with Gasteiger partial charge in [-0.2, -0.15) is 0 Å². The molecule has 1 atom stereocenters. The summed E-state index contributed by atoms with van der Waals surface area (Å²) in [6, 6.07) is 12.7. The third-order valence-electron chi connectivity index (χ3n) is 4.30. The zero-order chi connectivity index (χ0) is 15.0. The van der Waals surface area contributed by atoms with E-state index in [4.69, 9.17) is 4.99 Å². The van der Waals surface area contributed by atoms with Crippen molar-refractivity contribution in [3.63, 3.8) is 0 Å². The van der Waals surface area contributed by atoms with Crippen molar-refractivity contribution in [2.24, 2.45) is 4.99 Å². The average molecular weight is 306 g/mol. The number of anilines is 1. The third kappa shape index (κ3) is 2.32. The van der Waals surface area contributed by atoms with Gasteiger partial charge in [0.15, 0.2) is 0 Å². The molecule has 3 heteroatoms. The minimum Gasteiger partial charge on any atom is -0.373 e. The molecule has 1 aromatic carbocycles. The lowest BCUT2D eigenvalue weighted by atomic mass is 9.89. The molecule has 0 saturated carbocycles. The number of rotatable bonds is 2. The largest absolute Gasteiger partial charge is 0.373 e. The first-order valence-corrected chi connectivity index (χ1v) is 8.47. The fourth-order valence-electron chi connectivity index (χ4n) is 3.13. The van der Waals surface area contributed by atoms with E-state index in [1.54, 1.807) is 11.3 Å². The Hall–Kier alpha value is -2.13. The molecule has 0 fully saturated rings. The van der Waals surface area contributed by atoms with Crippen LogP contribution in [0, 0.1) is 0 Å². The predicted molar refractivity (Wildman–Crippen MR) is 95.3 cm³/mol. The van der Waals surface area contributed by atoms with Gasteiger partial charge >= 0.3 is 0 Å². The van der Waals surface area contributed by atoms with E-state index in [1.165, 1.54) is 16.2 Å². The standard InChI is InChI=1S/C19H18N2S/c1-19(18-11-6-12-22-18)13-17(14-7-2-3-8-14)20-15-9-4-5-10-16(15)21-19/h2-7,9-12,21H,8,13H2,1H3/t19-/m1/s1. The maximum absolute atomic E-state index is 4.98. The van der Waals surface area contributed by atoms with E-state index in [-0.39, 0.29) is 5.54 Å². The molecule has 0 bridgehead atoms. The quantitative estimate of drug-likeness (QED) is 0.785. The second-order valence-electron chi connectivity index (χ2n) is 6.01. The maximum Gasteiger partial charge on any atom is 0.0864 e. The molecule has 0 spiro atoms. The summed E-state index contributed by atoms with van der Waals surface area (Å²) in [6.07, 6.45) is 8.41. The molecule has 1 aliphatic heterocycles. The van der Waals surface area contributed by atoms with Gasteiger partial charge in [0, 0.05) is 17.0 Å². The Kier molecular flexibility index (Phi) is 3.23. The van der Waals surface area contributed by atoms with Gasteiger partial charge in [-0.3, -0.25) is 4.99 Å². The zero-order valence-corrected chi connectivity index (χ0v) is 13.4. The number of nitrogens with zero attached hydrogens (tertiary/aromatic N) is 1. The van der Waals surface area contributed by atoms with Gasteiger partial charge in [0.1, 0.15) is 0 Å². The van der Waals surface area contributed by atoms with Gasteiger partial charge in [0.2, 0.25) is 0 Å². The molecule has 0 unspecified atom stereocenters. The van der Waals surface area contributed by atoms with E-state index >= 15 is 0 Å². The van der Waals surface area contributed by atoms with Crippen molar-refractivity contribution in [3.05, 3.63) is 70.5 Å². The Bertz CT molecular complexity index is 784. The second-order valence-corrected chi connectivity index (χ2v) is 6.96. The minimum absolute atomic E-state index is 0.122. The van der Waals surface area contributed by atoms with Gasteiger partial charge in [-0.05, 0) is 42.5 Å². The third-order valence-corrected chi connectivity index (χ3v) is 5.43. The summed E-state index contributed by atoms with van der Waals surface area (Å²) in [4.78, 5) is 6.33. The van der Waals surface area contributed by atoms with Gasteiger partial charge < -0.3 is 5.32 Å². The highest BCUT2D eigenvalue weighted by Gasteiger charge is 2.33. The van der Waals surface area contributed by atoms with Crippen molar-refractivity contribution in [1.29, 1.82) is 0 Å². The molecule has 0 amide bonds. The van der Waals surface area contributed by atoms with Crippen molar-refractivity contribution < 1.29 is 0 Å². The lowest BCUT2D eigenvalue weighted by Gasteiger charge is -2.30. The number of nitrogens with one attached hydrogen (secondary N) is 1. The molecular formula is C19H18N2S. The second kappa shape index (κ2) is 5.25.